The third kappa shape index (κ3) is 3.87. The molecule has 0 saturated heterocycles. The van der Waals surface area contributed by atoms with Gasteiger partial charge in [0.2, 0.25) is 0 Å². The second-order valence-corrected chi connectivity index (χ2v) is 6.94. The maximum Gasteiger partial charge on any atom is 0.140 e. The number of halogens is 2. The summed E-state index contributed by atoms with van der Waals surface area (Å²) in [6.45, 7) is 6.08. The maximum atomic E-state index is 6.18. The lowest BCUT2D eigenvalue weighted by Gasteiger charge is -2.24. The van der Waals surface area contributed by atoms with Crippen molar-refractivity contribution in [3.63, 3.8) is 0 Å². The quantitative estimate of drug-likeness (QED) is 0.739. The summed E-state index contributed by atoms with van der Waals surface area (Å²) in [7, 11) is 0. The number of ether oxygens (including phenoxy) is 1. The number of rotatable bonds is 4. The van der Waals surface area contributed by atoms with E-state index in [9.17, 15) is 0 Å². The average molecular weight is 413 g/mol. The largest absolute Gasteiger partial charge is 0.484 e. The van der Waals surface area contributed by atoms with Gasteiger partial charge in [0.25, 0.3) is 0 Å². The second kappa shape index (κ2) is 6.95. The minimum absolute atomic E-state index is 0.118. The zero-order valence-electron chi connectivity index (χ0n) is 12.4. The van der Waals surface area contributed by atoms with Crippen LogP contribution < -0.4 is 10.5 Å². The van der Waals surface area contributed by atoms with E-state index in [0.717, 1.165) is 31.4 Å². The summed E-state index contributed by atoms with van der Waals surface area (Å²) in [6, 6.07) is 12.0. The predicted molar refractivity (Wildman–Crippen MR) is 94.8 cm³/mol. The molecular formula is C17H19Br2NO. The third-order valence-electron chi connectivity index (χ3n) is 3.36. The molecule has 0 radical (unpaired) electrons. The monoisotopic (exact) mass is 411 g/mol. The first-order valence-corrected chi connectivity index (χ1v) is 8.42. The van der Waals surface area contributed by atoms with E-state index in [0.29, 0.717) is 0 Å². The molecule has 4 heteroatoms. The number of hydrogen-bond donors (Lipinski definition) is 1. The highest BCUT2D eigenvalue weighted by Gasteiger charge is 2.21. The predicted octanol–water partition coefficient (Wildman–Crippen LogP) is 5.30. The van der Waals surface area contributed by atoms with Crippen molar-refractivity contribution in [3.8, 4) is 5.75 Å². The molecule has 0 bridgehead atoms. The van der Waals surface area contributed by atoms with Crippen molar-refractivity contribution in [2.75, 3.05) is 0 Å². The first-order chi connectivity index (χ1) is 9.90. The van der Waals surface area contributed by atoms with E-state index >= 15 is 0 Å². The van der Waals surface area contributed by atoms with E-state index in [4.69, 9.17) is 10.5 Å². The Balaban J connectivity index is 2.36. The average Bonchev–Trinajstić information content (AvgIpc) is 2.42. The van der Waals surface area contributed by atoms with Gasteiger partial charge >= 0.3 is 0 Å². The van der Waals surface area contributed by atoms with Gasteiger partial charge in [0.05, 0.1) is 0 Å². The van der Waals surface area contributed by atoms with Crippen LogP contribution in [0.4, 0.5) is 0 Å². The van der Waals surface area contributed by atoms with Crippen LogP contribution in [0.5, 0.6) is 5.75 Å². The van der Waals surface area contributed by atoms with Crippen LogP contribution in [0.1, 0.15) is 29.7 Å². The normalized spacial score (nSPS) is 13.8. The standard InChI is InChI=1S/C17H19Br2NO/c1-10-8-13(9-11(2)16(10)19)21-17(12(3)20)14-6-4-5-7-15(14)18/h4-9,12,17H,20H2,1-3H3. The number of benzene rings is 2. The van der Waals surface area contributed by atoms with Gasteiger partial charge in [-0.05, 0) is 50.1 Å². The summed E-state index contributed by atoms with van der Waals surface area (Å²) in [4.78, 5) is 0. The van der Waals surface area contributed by atoms with Crippen LogP contribution >= 0.6 is 31.9 Å². The fourth-order valence-corrected chi connectivity index (χ4v) is 3.02. The Kier molecular flexibility index (Phi) is 5.47. The highest BCUT2D eigenvalue weighted by Crippen LogP contribution is 2.32. The molecule has 0 saturated carbocycles. The molecule has 0 amide bonds. The molecule has 0 aliphatic carbocycles. The summed E-state index contributed by atoms with van der Waals surface area (Å²) in [5, 5.41) is 0. The Labute approximate surface area is 143 Å². The van der Waals surface area contributed by atoms with Crippen LogP contribution in [-0.4, -0.2) is 6.04 Å². The van der Waals surface area contributed by atoms with Gasteiger partial charge < -0.3 is 10.5 Å². The molecule has 2 rings (SSSR count). The fourth-order valence-electron chi connectivity index (χ4n) is 2.28. The lowest BCUT2D eigenvalue weighted by atomic mass is 10.0. The second-order valence-electron chi connectivity index (χ2n) is 5.29. The van der Waals surface area contributed by atoms with Crippen LogP contribution in [0.25, 0.3) is 0 Å². The molecule has 2 aromatic rings. The molecule has 0 spiro atoms. The van der Waals surface area contributed by atoms with Crippen molar-refractivity contribution < 1.29 is 4.74 Å². The van der Waals surface area contributed by atoms with E-state index in [-0.39, 0.29) is 12.1 Å². The SMILES string of the molecule is Cc1cc(OC(c2ccccc2Br)C(C)N)cc(C)c1Br. The molecule has 2 N–H and O–H groups in total. The van der Waals surface area contributed by atoms with Crippen molar-refractivity contribution in [3.05, 3.63) is 62.0 Å². The van der Waals surface area contributed by atoms with E-state index in [2.05, 4.69) is 45.7 Å². The van der Waals surface area contributed by atoms with Gasteiger partial charge in [-0.1, -0.05) is 50.1 Å². The molecule has 0 aliphatic heterocycles. The molecule has 2 nitrogen and oxygen atoms in total. The van der Waals surface area contributed by atoms with Gasteiger partial charge in [-0.2, -0.15) is 0 Å². The molecule has 0 fully saturated rings. The maximum absolute atomic E-state index is 6.18. The van der Waals surface area contributed by atoms with Crippen LogP contribution in [0, 0.1) is 13.8 Å². The van der Waals surface area contributed by atoms with Crippen LogP contribution in [-0.2, 0) is 0 Å². The van der Waals surface area contributed by atoms with Crippen molar-refractivity contribution >= 4 is 31.9 Å². The zero-order valence-corrected chi connectivity index (χ0v) is 15.5. The van der Waals surface area contributed by atoms with Crippen molar-refractivity contribution in [1.82, 2.24) is 0 Å². The Morgan fingerprint density at radius 3 is 2.14 bits per heavy atom. The lowest BCUT2D eigenvalue weighted by molar-refractivity contribution is 0.179. The minimum atomic E-state index is -0.194. The molecule has 0 aromatic heterocycles. The van der Waals surface area contributed by atoms with Crippen molar-refractivity contribution in [2.45, 2.75) is 32.9 Å². The minimum Gasteiger partial charge on any atom is -0.484 e. The molecule has 2 unspecified atom stereocenters. The molecule has 112 valence electrons. The van der Waals surface area contributed by atoms with Crippen molar-refractivity contribution in [1.29, 1.82) is 0 Å². The van der Waals surface area contributed by atoms with Crippen LogP contribution in [0.2, 0.25) is 0 Å². The smallest absolute Gasteiger partial charge is 0.140 e. The zero-order chi connectivity index (χ0) is 15.6. The van der Waals surface area contributed by atoms with Gasteiger partial charge in [0.1, 0.15) is 11.9 Å². The number of hydrogen-bond acceptors (Lipinski definition) is 2. The molecular weight excluding hydrogens is 394 g/mol. The first-order valence-electron chi connectivity index (χ1n) is 6.83. The fraction of sp³-hybridized carbons (Fsp3) is 0.294. The summed E-state index contributed by atoms with van der Waals surface area (Å²) in [5.41, 5.74) is 9.50. The molecule has 0 aliphatic rings. The summed E-state index contributed by atoms with van der Waals surface area (Å²) >= 11 is 7.15. The molecule has 0 heterocycles. The van der Waals surface area contributed by atoms with Gasteiger partial charge in [-0.25, -0.2) is 0 Å². The first kappa shape index (κ1) is 16.5. The van der Waals surface area contributed by atoms with Gasteiger partial charge in [0, 0.05) is 20.6 Å². The Morgan fingerprint density at radius 1 is 1.05 bits per heavy atom. The van der Waals surface area contributed by atoms with E-state index in [1.165, 1.54) is 0 Å². The topological polar surface area (TPSA) is 35.2 Å². The van der Waals surface area contributed by atoms with Crippen LogP contribution in [0.15, 0.2) is 45.3 Å². The van der Waals surface area contributed by atoms with Crippen LogP contribution in [0.3, 0.4) is 0 Å². The highest BCUT2D eigenvalue weighted by molar-refractivity contribution is 9.10. The van der Waals surface area contributed by atoms with Gasteiger partial charge in [0.15, 0.2) is 0 Å². The van der Waals surface area contributed by atoms with Crippen molar-refractivity contribution in [2.24, 2.45) is 5.73 Å². The molecule has 21 heavy (non-hydrogen) atoms. The Hall–Kier alpha value is -0.840. The Bertz CT molecular complexity index is 617. The number of nitrogens with two attached hydrogens (primary N) is 1. The lowest BCUT2D eigenvalue weighted by Crippen LogP contribution is -2.29. The molecule has 2 aromatic carbocycles. The summed E-state index contributed by atoms with van der Waals surface area (Å²) in [5.74, 6) is 0.839. The third-order valence-corrected chi connectivity index (χ3v) is 5.34. The highest BCUT2D eigenvalue weighted by atomic mass is 79.9. The van der Waals surface area contributed by atoms with E-state index in [1.54, 1.807) is 0 Å². The van der Waals surface area contributed by atoms with Gasteiger partial charge in [-0.3, -0.25) is 0 Å². The number of aryl methyl sites for hydroxylation is 2. The molecule has 2 atom stereocenters. The Morgan fingerprint density at radius 2 is 1.62 bits per heavy atom. The van der Waals surface area contributed by atoms with E-state index < -0.39 is 0 Å². The van der Waals surface area contributed by atoms with Gasteiger partial charge in [-0.15, -0.1) is 0 Å². The summed E-state index contributed by atoms with van der Waals surface area (Å²) in [6.07, 6.45) is -0.194. The summed E-state index contributed by atoms with van der Waals surface area (Å²) < 4.78 is 8.31. The van der Waals surface area contributed by atoms with E-state index in [1.807, 2.05) is 43.3 Å².